The lowest BCUT2D eigenvalue weighted by atomic mass is 9.86. The van der Waals surface area contributed by atoms with Crippen molar-refractivity contribution in [2.75, 3.05) is 32.8 Å². The Kier molecular flexibility index (Phi) is 7.66. The Hall–Kier alpha value is -1.39. The van der Waals surface area contributed by atoms with E-state index in [2.05, 4.69) is 69.1 Å². The Labute approximate surface area is 159 Å². The number of carbonyl (C=O) groups is 1. The summed E-state index contributed by atoms with van der Waals surface area (Å²) in [5.41, 5.74) is 2.70. The van der Waals surface area contributed by atoms with Crippen molar-refractivity contribution in [2.45, 2.75) is 59.0 Å². The van der Waals surface area contributed by atoms with Crippen molar-refractivity contribution in [3.05, 3.63) is 35.4 Å². The SMILES string of the molecule is CC(C)CN1CCO[C@@H](CNC(=O)CCc2ccc(C(C)(C)C)cc2)C1. The zero-order valence-corrected chi connectivity index (χ0v) is 17.2. The average Bonchev–Trinajstić information content (AvgIpc) is 2.57. The Morgan fingerprint density at radius 1 is 1.27 bits per heavy atom. The van der Waals surface area contributed by atoms with Crippen molar-refractivity contribution in [2.24, 2.45) is 5.92 Å². The third-order valence-electron chi connectivity index (χ3n) is 4.83. The molecule has 1 aliphatic rings. The first-order chi connectivity index (χ1) is 12.2. The molecule has 1 fully saturated rings. The van der Waals surface area contributed by atoms with E-state index in [9.17, 15) is 4.79 Å². The summed E-state index contributed by atoms with van der Waals surface area (Å²) in [6.45, 7) is 15.5. The molecule has 1 aromatic carbocycles. The molecule has 1 atom stereocenters. The van der Waals surface area contributed by atoms with Crippen LogP contribution in [0.2, 0.25) is 0 Å². The van der Waals surface area contributed by atoms with Crippen molar-refractivity contribution in [3.8, 4) is 0 Å². The molecule has 0 bridgehead atoms. The number of hydrogen-bond donors (Lipinski definition) is 1. The van der Waals surface area contributed by atoms with E-state index < -0.39 is 0 Å². The van der Waals surface area contributed by atoms with Crippen LogP contribution in [0, 0.1) is 5.92 Å². The molecule has 1 N–H and O–H groups in total. The number of morpholine rings is 1. The number of ether oxygens (including phenoxy) is 1. The van der Waals surface area contributed by atoms with Crippen LogP contribution in [0.4, 0.5) is 0 Å². The van der Waals surface area contributed by atoms with Crippen LogP contribution in [0.5, 0.6) is 0 Å². The fraction of sp³-hybridized carbons (Fsp3) is 0.682. The highest BCUT2D eigenvalue weighted by Crippen LogP contribution is 2.22. The maximum Gasteiger partial charge on any atom is 0.220 e. The third-order valence-corrected chi connectivity index (χ3v) is 4.83. The maximum atomic E-state index is 12.2. The van der Waals surface area contributed by atoms with Gasteiger partial charge in [0.2, 0.25) is 5.91 Å². The summed E-state index contributed by atoms with van der Waals surface area (Å²) in [6, 6.07) is 8.63. The number of aryl methyl sites for hydroxylation is 1. The summed E-state index contributed by atoms with van der Waals surface area (Å²) in [7, 11) is 0. The van der Waals surface area contributed by atoms with E-state index in [4.69, 9.17) is 4.74 Å². The van der Waals surface area contributed by atoms with Gasteiger partial charge in [-0.05, 0) is 28.9 Å². The molecule has 0 radical (unpaired) electrons. The Balaban J connectivity index is 1.70. The van der Waals surface area contributed by atoms with Gasteiger partial charge in [-0.15, -0.1) is 0 Å². The van der Waals surface area contributed by atoms with E-state index in [0.29, 0.717) is 18.9 Å². The topological polar surface area (TPSA) is 41.6 Å². The molecule has 2 rings (SSSR count). The Morgan fingerprint density at radius 3 is 2.58 bits per heavy atom. The van der Waals surface area contributed by atoms with Crippen molar-refractivity contribution in [1.29, 1.82) is 0 Å². The molecule has 1 aromatic rings. The highest BCUT2D eigenvalue weighted by Gasteiger charge is 2.21. The number of benzene rings is 1. The van der Waals surface area contributed by atoms with E-state index in [1.807, 2.05) is 0 Å². The van der Waals surface area contributed by atoms with Gasteiger partial charge >= 0.3 is 0 Å². The first-order valence-electron chi connectivity index (χ1n) is 9.94. The Morgan fingerprint density at radius 2 is 1.96 bits per heavy atom. The predicted octanol–water partition coefficient (Wildman–Crippen LogP) is 3.39. The van der Waals surface area contributed by atoms with Crippen LogP contribution in [0.1, 0.15) is 52.2 Å². The van der Waals surface area contributed by atoms with Gasteiger partial charge in [0, 0.05) is 32.6 Å². The summed E-state index contributed by atoms with van der Waals surface area (Å²) < 4.78 is 5.79. The molecule has 1 aliphatic heterocycles. The zero-order valence-electron chi connectivity index (χ0n) is 17.2. The average molecular weight is 361 g/mol. The van der Waals surface area contributed by atoms with Crippen molar-refractivity contribution in [3.63, 3.8) is 0 Å². The first-order valence-corrected chi connectivity index (χ1v) is 9.94. The zero-order chi connectivity index (χ0) is 19.2. The van der Waals surface area contributed by atoms with Gasteiger partial charge in [-0.1, -0.05) is 58.9 Å². The molecule has 0 saturated carbocycles. The van der Waals surface area contributed by atoms with Gasteiger partial charge in [-0.25, -0.2) is 0 Å². The highest BCUT2D eigenvalue weighted by atomic mass is 16.5. The lowest BCUT2D eigenvalue weighted by Gasteiger charge is -2.33. The monoisotopic (exact) mass is 360 g/mol. The summed E-state index contributed by atoms with van der Waals surface area (Å²) in [6.07, 6.45) is 1.41. The number of amides is 1. The molecule has 26 heavy (non-hydrogen) atoms. The predicted molar refractivity (Wildman–Crippen MR) is 107 cm³/mol. The maximum absolute atomic E-state index is 12.2. The minimum atomic E-state index is 0.106. The van der Waals surface area contributed by atoms with Crippen LogP contribution in [-0.2, 0) is 21.4 Å². The van der Waals surface area contributed by atoms with E-state index in [1.54, 1.807) is 0 Å². The highest BCUT2D eigenvalue weighted by molar-refractivity contribution is 5.76. The van der Waals surface area contributed by atoms with Crippen LogP contribution in [0.15, 0.2) is 24.3 Å². The quantitative estimate of drug-likeness (QED) is 0.810. The Bertz CT molecular complexity index is 561. The molecular formula is C22H36N2O2. The van der Waals surface area contributed by atoms with Crippen LogP contribution < -0.4 is 5.32 Å². The summed E-state index contributed by atoms with van der Waals surface area (Å²) >= 11 is 0. The fourth-order valence-electron chi connectivity index (χ4n) is 3.33. The fourth-order valence-corrected chi connectivity index (χ4v) is 3.33. The van der Waals surface area contributed by atoms with Crippen LogP contribution >= 0.6 is 0 Å². The number of nitrogens with zero attached hydrogens (tertiary/aromatic N) is 1. The number of carbonyl (C=O) groups excluding carboxylic acids is 1. The van der Waals surface area contributed by atoms with Gasteiger partial charge in [0.25, 0.3) is 0 Å². The lowest BCUT2D eigenvalue weighted by Crippen LogP contribution is -2.48. The van der Waals surface area contributed by atoms with Crippen LogP contribution in [0.3, 0.4) is 0 Å². The minimum absolute atomic E-state index is 0.106. The molecule has 0 aliphatic carbocycles. The number of nitrogens with one attached hydrogen (secondary N) is 1. The van der Waals surface area contributed by atoms with Gasteiger partial charge in [-0.2, -0.15) is 0 Å². The van der Waals surface area contributed by atoms with Gasteiger partial charge in [0.05, 0.1) is 12.7 Å². The molecule has 0 spiro atoms. The van der Waals surface area contributed by atoms with Crippen molar-refractivity contribution in [1.82, 2.24) is 10.2 Å². The smallest absolute Gasteiger partial charge is 0.220 e. The summed E-state index contributed by atoms with van der Waals surface area (Å²) in [5, 5.41) is 3.04. The molecule has 4 heteroatoms. The summed E-state index contributed by atoms with van der Waals surface area (Å²) in [5.74, 6) is 0.766. The molecule has 0 aromatic heterocycles. The minimum Gasteiger partial charge on any atom is -0.374 e. The van der Waals surface area contributed by atoms with Crippen molar-refractivity contribution >= 4 is 5.91 Å². The molecule has 146 valence electrons. The number of hydrogen-bond acceptors (Lipinski definition) is 3. The largest absolute Gasteiger partial charge is 0.374 e. The second-order valence-electron chi connectivity index (χ2n) is 8.90. The van der Waals surface area contributed by atoms with Gasteiger partial charge < -0.3 is 10.1 Å². The van der Waals surface area contributed by atoms with Gasteiger partial charge in [0.15, 0.2) is 0 Å². The molecule has 1 heterocycles. The first kappa shape index (κ1) is 20.9. The molecule has 4 nitrogen and oxygen atoms in total. The standard InChI is InChI=1S/C22H36N2O2/c1-17(2)15-24-12-13-26-20(16-24)14-23-21(25)11-8-18-6-9-19(10-7-18)22(3,4)5/h6-7,9-10,17,20H,8,11-16H2,1-5H3,(H,23,25)/t20-/m0/s1. The van der Waals surface area contributed by atoms with Gasteiger partial charge in [-0.3, -0.25) is 9.69 Å². The third kappa shape index (κ3) is 7.08. The number of rotatable bonds is 7. The molecular weight excluding hydrogens is 324 g/mol. The van der Waals surface area contributed by atoms with Crippen molar-refractivity contribution < 1.29 is 9.53 Å². The van der Waals surface area contributed by atoms with E-state index in [-0.39, 0.29) is 17.4 Å². The lowest BCUT2D eigenvalue weighted by molar-refractivity contribution is -0.122. The van der Waals surface area contributed by atoms with E-state index in [0.717, 1.165) is 32.7 Å². The van der Waals surface area contributed by atoms with E-state index >= 15 is 0 Å². The van der Waals surface area contributed by atoms with Crippen LogP contribution in [0.25, 0.3) is 0 Å². The molecule has 1 amide bonds. The normalized spacial score (nSPS) is 18.9. The second kappa shape index (κ2) is 9.52. The van der Waals surface area contributed by atoms with Gasteiger partial charge in [0.1, 0.15) is 0 Å². The van der Waals surface area contributed by atoms with E-state index in [1.165, 1.54) is 11.1 Å². The molecule has 0 unspecified atom stereocenters. The molecule has 1 saturated heterocycles. The second-order valence-corrected chi connectivity index (χ2v) is 8.90. The van der Waals surface area contributed by atoms with Crippen LogP contribution in [-0.4, -0.2) is 49.7 Å². The summed E-state index contributed by atoms with van der Waals surface area (Å²) in [4.78, 5) is 14.6.